The Labute approximate surface area is 110 Å². The van der Waals surface area contributed by atoms with E-state index >= 15 is 0 Å². The third-order valence-electron chi connectivity index (χ3n) is 4.38. The molecule has 1 N–H and O–H groups in total. The molecule has 0 aromatic carbocycles. The lowest BCUT2D eigenvalue weighted by Gasteiger charge is -2.25. The molecule has 3 heteroatoms. The van der Waals surface area contributed by atoms with Crippen molar-refractivity contribution >= 4 is 0 Å². The molecule has 1 fully saturated rings. The number of fused-ring (bicyclic) bond motifs is 1. The average Bonchev–Trinajstić information content (AvgIpc) is 3.06. The van der Waals surface area contributed by atoms with E-state index in [0.717, 1.165) is 6.54 Å². The van der Waals surface area contributed by atoms with Crippen LogP contribution in [0.4, 0.5) is 0 Å². The highest BCUT2D eigenvalue weighted by atomic mass is 15.2. The Hall–Kier alpha value is -0.930. The van der Waals surface area contributed by atoms with Crippen LogP contribution in [-0.4, -0.2) is 35.6 Å². The summed E-state index contributed by atoms with van der Waals surface area (Å²) >= 11 is 0. The molecule has 0 amide bonds. The van der Waals surface area contributed by atoms with Gasteiger partial charge in [-0.1, -0.05) is 6.07 Å². The topological polar surface area (TPSA) is 28.2 Å². The zero-order valence-electron chi connectivity index (χ0n) is 11.2. The van der Waals surface area contributed by atoms with Crippen molar-refractivity contribution in [2.24, 2.45) is 0 Å². The summed E-state index contributed by atoms with van der Waals surface area (Å²) in [6, 6.07) is 5.40. The minimum absolute atomic E-state index is 0.478. The van der Waals surface area contributed by atoms with Crippen LogP contribution < -0.4 is 5.32 Å². The molecule has 1 aliphatic heterocycles. The van der Waals surface area contributed by atoms with Gasteiger partial charge in [0.05, 0.1) is 11.7 Å². The Kier molecular flexibility index (Phi) is 3.62. The SMILES string of the molecule is CC(CNC1CCc2cccnc21)N1CCCC1. The predicted molar refractivity (Wildman–Crippen MR) is 73.6 cm³/mol. The molecule has 0 bridgehead atoms. The molecule has 3 nitrogen and oxygen atoms in total. The lowest BCUT2D eigenvalue weighted by atomic mass is 10.2. The van der Waals surface area contributed by atoms with Crippen molar-refractivity contribution < 1.29 is 0 Å². The smallest absolute Gasteiger partial charge is 0.0605 e. The average molecular weight is 245 g/mol. The van der Waals surface area contributed by atoms with Crippen molar-refractivity contribution in [3.05, 3.63) is 29.6 Å². The van der Waals surface area contributed by atoms with Crippen LogP contribution in [0.2, 0.25) is 0 Å². The summed E-state index contributed by atoms with van der Waals surface area (Å²) in [7, 11) is 0. The van der Waals surface area contributed by atoms with Gasteiger partial charge in [-0.15, -0.1) is 0 Å². The van der Waals surface area contributed by atoms with Crippen molar-refractivity contribution in [3.63, 3.8) is 0 Å². The van der Waals surface area contributed by atoms with Crippen LogP contribution >= 0.6 is 0 Å². The number of likely N-dealkylation sites (tertiary alicyclic amines) is 1. The molecule has 0 spiro atoms. The van der Waals surface area contributed by atoms with Crippen LogP contribution in [0.1, 0.15) is 43.5 Å². The minimum Gasteiger partial charge on any atom is -0.307 e. The van der Waals surface area contributed by atoms with Crippen molar-refractivity contribution in [1.82, 2.24) is 15.2 Å². The largest absolute Gasteiger partial charge is 0.307 e. The number of rotatable bonds is 4. The van der Waals surface area contributed by atoms with Gasteiger partial charge in [0.2, 0.25) is 0 Å². The van der Waals surface area contributed by atoms with Gasteiger partial charge < -0.3 is 5.32 Å². The van der Waals surface area contributed by atoms with E-state index in [4.69, 9.17) is 0 Å². The van der Waals surface area contributed by atoms with E-state index in [1.54, 1.807) is 0 Å². The first-order valence-corrected chi connectivity index (χ1v) is 7.26. The van der Waals surface area contributed by atoms with Crippen LogP contribution in [-0.2, 0) is 6.42 Å². The lowest BCUT2D eigenvalue weighted by Crippen LogP contribution is -2.39. The fourth-order valence-electron chi connectivity index (χ4n) is 3.24. The van der Waals surface area contributed by atoms with Crippen LogP contribution in [0.5, 0.6) is 0 Å². The fraction of sp³-hybridized carbons (Fsp3) is 0.667. The summed E-state index contributed by atoms with van der Waals surface area (Å²) in [5, 5.41) is 3.71. The molecule has 1 aromatic rings. The Morgan fingerprint density at radius 2 is 2.28 bits per heavy atom. The fourth-order valence-corrected chi connectivity index (χ4v) is 3.24. The maximum Gasteiger partial charge on any atom is 0.0605 e. The van der Waals surface area contributed by atoms with E-state index in [2.05, 4.69) is 28.2 Å². The second-order valence-electron chi connectivity index (χ2n) is 5.64. The molecule has 2 unspecified atom stereocenters. The number of pyridine rings is 1. The molecule has 3 rings (SSSR count). The van der Waals surface area contributed by atoms with E-state index in [1.165, 1.54) is 50.0 Å². The molecule has 2 atom stereocenters. The van der Waals surface area contributed by atoms with Crippen LogP contribution in [0, 0.1) is 0 Å². The normalized spacial score (nSPS) is 25.3. The molecule has 1 aromatic heterocycles. The first kappa shape index (κ1) is 12.1. The summed E-state index contributed by atoms with van der Waals surface area (Å²) in [4.78, 5) is 7.14. The monoisotopic (exact) mass is 245 g/mol. The van der Waals surface area contributed by atoms with Gasteiger partial charge in [-0.3, -0.25) is 9.88 Å². The molecule has 1 aliphatic carbocycles. The molecule has 2 aliphatic rings. The summed E-state index contributed by atoms with van der Waals surface area (Å²) in [5.74, 6) is 0. The summed E-state index contributed by atoms with van der Waals surface area (Å²) in [6.07, 6.45) is 7.05. The second kappa shape index (κ2) is 5.37. The number of hydrogen-bond acceptors (Lipinski definition) is 3. The number of aryl methyl sites for hydroxylation is 1. The highest BCUT2D eigenvalue weighted by Crippen LogP contribution is 2.28. The van der Waals surface area contributed by atoms with Crippen molar-refractivity contribution in [2.75, 3.05) is 19.6 Å². The van der Waals surface area contributed by atoms with Crippen LogP contribution in [0.3, 0.4) is 0 Å². The number of hydrogen-bond donors (Lipinski definition) is 1. The van der Waals surface area contributed by atoms with E-state index in [-0.39, 0.29) is 0 Å². The molecule has 0 saturated carbocycles. The standard InChI is InChI=1S/C15H23N3/c1-12(18-9-2-3-10-18)11-17-14-7-6-13-5-4-8-16-15(13)14/h4-5,8,12,14,17H,2-3,6-7,9-11H2,1H3. The van der Waals surface area contributed by atoms with Crippen molar-refractivity contribution in [1.29, 1.82) is 0 Å². The molecular formula is C15H23N3. The van der Waals surface area contributed by atoms with Crippen LogP contribution in [0.15, 0.2) is 18.3 Å². The van der Waals surface area contributed by atoms with Gasteiger partial charge in [-0.05, 0) is 57.3 Å². The van der Waals surface area contributed by atoms with E-state index in [0.29, 0.717) is 12.1 Å². The minimum atomic E-state index is 0.478. The first-order valence-electron chi connectivity index (χ1n) is 7.26. The van der Waals surface area contributed by atoms with Gasteiger partial charge >= 0.3 is 0 Å². The van der Waals surface area contributed by atoms with Gasteiger partial charge in [-0.2, -0.15) is 0 Å². The number of nitrogens with one attached hydrogen (secondary N) is 1. The zero-order valence-corrected chi connectivity index (χ0v) is 11.2. The highest BCUT2D eigenvalue weighted by molar-refractivity contribution is 5.27. The maximum absolute atomic E-state index is 4.54. The molecular weight excluding hydrogens is 222 g/mol. The van der Waals surface area contributed by atoms with E-state index in [9.17, 15) is 0 Å². The van der Waals surface area contributed by atoms with Crippen LogP contribution in [0.25, 0.3) is 0 Å². The molecule has 0 radical (unpaired) electrons. The van der Waals surface area contributed by atoms with Gasteiger partial charge in [0.25, 0.3) is 0 Å². The van der Waals surface area contributed by atoms with E-state index < -0.39 is 0 Å². The number of aromatic nitrogens is 1. The van der Waals surface area contributed by atoms with Gasteiger partial charge in [-0.25, -0.2) is 0 Å². The Morgan fingerprint density at radius 1 is 1.44 bits per heavy atom. The van der Waals surface area contributed by atoms with Gasteiger partial charge in [0, 0.05) is 18.8 Å². The lowest BCUT2D eigenvalue weighted by molar-refractivity contribution is 0.245. The number of nitrogens with zero attached hydrogens (tertiary/aromatic N) is 2. The third kappa shape index (κ3) is 2.43. The molecule has 2 heterocycles. The molecule has 1 saturated heterocycles. The highest BCUT2D eigenvalue weighted by Gasteiger charge is 2.24. The van der Waals surface area contributed by atoms with Gasteiger partial charge in [0.15, 0.2) is 0 Å². The zero-order chi connectivity index (χ0) is 12.4. The summed E-state index contributed by atoms with van der Waals surface area (Å²) < 4.78 is 0. The maximum atomic E-state index is 4.54. The Balaban J connectivity index is 1.55. The first-order chi connectivity index (χ1) is 8.84. The van der Waals surface area contributed by atoms with Crippen molar-refractivity contribution in [2.45, 2.75) is 44.7 Å². The Morgan fingerprint density at radius 3 is 3.11 bits per heavy atom. The third-order valence-corrected chi connectivity index (χ3v) is 4.38. The molecule has 18 heavy (non-hydrogen) atoms. The van der Waals surface area contributed by atoms with Gasteiger partial charge in [0.1, 0.15) is 0 Å². The van der Waals surface area contributed by atoms with Crippen molar-refractivity contribution in [3.8, 4) is 0 Å². The Bertz CT molecular complexity index is 398. The summed E-state index contributed by atoms with van der Waals surface area (Å²) in [5.41, 5.74) is 2.72. The van der Waals surface area contributed by atoms with E-state index in [1.807, 2.05) is 12.3 Å². The predicted octanol–water partition coefficient (Wildman–Crippen LogP) is 2.14. The quantitative estimate of drug-likeness (QED) is 0.881. The second-order valence-corrected chi connectivity index (χ2v) is 5.64. The molecule has 98 valence electrons. The summed E-state index contributed by atoms with van der Waals surface area (Å²) in [6.45, 7) is 5.98.